The van der Waals surface area contributed by atoms with Gasteiger partial charge < -0.3 is 15.4 Å². The molecule has 2 aromatic carbocycles. The van der Waals surface area contributed by atoms with Crippen molar-refractivity contribution in [1.29, 1.82) is 0 Å². The number of rotatable bonds is 9. The van der Waals surface area contributed by atoms with Crippen LogP contribution in [0.3, 0.4) is 0 Å². The fourth-order valence-electron chi connectivity index (χ4n) is 2.36. The Balaban J connectivity index is 1.79. The third kappa shape index (κ3) is 7.08. The summed E-state index contributed by atoms with van der Waals surface area (Å²) in [7, 11) is 0. The second kappa shape index (κ2) is 10.1. The predicted octanol–water partition coefficient (Wildman–Crippen LogP) is 3.16. The Bertz CT molecular complexity index is 686. The normalized spacial score (nSPS) is 10.1. The van der Waals surface area contributed by atoms with Crippen molar-refractivity contribution in [3.63, 3.8) is 0 Å². The molecule has 2 aromatic rings. The molecular formula is C20H24N2O3. The monoisotopic (exact) mass is 340 g/mol. The van der Waals surface area contributed by atoms with E-state index in [1.807, 2.05) is 42.5 Å². The van der Waals surface area contributed by atoms with Gasteiger partial charge in [0, 0.05) is 19.9 Å². The minimum Gasteiger partial charge on any atom is -0.491 e. The van der Waals surface area contributed by atoms with Gasteiger partial charge in [-0.05, 0) is 30.5 Å². The Morgan fingerprint density at radius 2 is 1.72 bits per heavy atom. The van der Waals surface area contributed by atoms with Crippen LogP contribution in [0.4, 0.5) is 5.69 Å². The van der Waals surface area contributed by atoms with E-state index in [4.69, 9.17) is 4.74 Å². The highest BCUT2D eigenvalue weighted by Crippen LogP contribution is 2.24. The lowest BCUT2D eigenvalue weighted by Crippen LogP contribution is -2.25. The third-order valence-corrected chi connectivity index (χ3v) is 3.60. The van der Waals surface area contributed by atoms with Crippen LogP contribution in [0.15, 0.2) is 54.6 Å². The first-order chi connectivity index (χ1) is 12.1. The van der Waals surface area contributed by atoms with E-state index < -0.39 is 0 Å². The lowest BCUT2D eigenvalue weighted by Gasteiger charge is -2.12. The number of hydrogen-bond donors (Lipinski definition) is 2. The zero-order valence-corrected chi connectivity index (χ0v) is 14.5. The zero-order valence-electron chi connectivity index (χ0n) is 14.5. The number of aryl methyl sites for hydroxylation is 1. The number of para-hydroxylation sites is 2. The highest BCUT2D eigenvalue weighted by atomic mass is 16.5. The average Bonchev–Trinajstić information content (AvgIpc) is 2.60. The molecule has 132 valence electrons. The summed E-state index contributed by atoms with van der Waals surface area (Å²) < 4.78 is 5.82. The van der Waals surface area contributed by atoms with Crippen molar-refractivity contribution in [1.82, 2.24) is 5.32 Å². The third-order valence-electron chi connectivity index (χ3n) is 3.60. The van der Waals surface area contributed by atoms with Crippen LogP contribution in [0.5, 0.6) is 5.75 Å². The first kappa shape index (κ1) is 18.5. The van der Waals surface area contributed by atoms with Gasteiger partial charge in [-0.1, -0.05) is 42.5 Å². The average molecular weight is 340 g/mol. The van der Waals surface area contributed by atoms with Crippen LogP contribution >= 0.6 is 0 Å². The number of benzene rings is 2. The van der Waals surface area contributed by atoms with Crippen LogP contribution < -0.4 is 15.4 Å². The number of amides is 2. The minimum absolute atomic E-state index is 0.144. The van der Waals surface area contributed by atoms with Crippen molar-refractivity contribution in [3.8, 4) is 5.75 Å². The quantitative estimate of drug-likeness (QED) is 0.689. The van der Waals surface area contributed by atoms with Crippen molar-refractivity contribution in [3.05, 3.63) is 60.2 Å². The van der Waals surface area contributed by atoms with Crippen LogP contribution in [0, 0.1) is 0 Å². The largest absolute Gasteiger partial charge is 0.491 e. The second-order valence-electron chi connectivity index (χ2n) is 5.71. The molecule has 2 amide bonds. The molecule has 0 aromatic heterocycles. The molecule has 0 saturated heterocycles. The van der Waals surface area contributed by atoms with E-state index in [1.165, 1.54) is 12.5 Å². The van der Waals surface area contributed by atoms with E-state index in [0.717, 1.165) is 12.8 Å². The first-order valence-corrected chi connectivity index (χ1v) is 8.45. The summed E-state index contributed by atoms with van der Waals surface area (Å²) in [5.41, 5.74) is 1.93. The maximum absolute atomic E-state index is 11.9. The topological polar surface area (TPSA) is 67.4 Å². The lowest BCUT2D eigenvalue weighted by molar-refractivity contribution is -0.119. The smallest absolute Gasteiger partial charge is 0.226 e. The predicted molar refractivity (Wildman–Crippen MR) is 98.6 cm³/mol. The Hall–Kier alpha value is -2.82. The number of anilines is 1. The number of carbonyl (C=O) groups is 2. The van der Waals surface area contributed by atoms with Gasteiger partial charge in [-0.15, -0.1) is 0 Å². The molecule has 5 heteroatoms. The van der Waals surface area contributed by atoms with Gasteiger partial charge >= 0.3 is 0 Å². The molecule has 0 radical (unpaired) electrons. The second-order valence-corrected chi connectivity index (χ2v) is 5.71. The van der Waals surface area contributed by atoms with Crippen LogP contribution in [0.1, 0.15) is 25.3 Å². The number of carbonyl (C=O) groups excluding carboxylic acids is 2. The lowest BCUT2D eigenvalue weighted by atomic mass is 10.1. The summed E-state index contributed by atoms with van der Waals surface area (Å²) in [5, 5.41) is 5.43. The molecule has 5 nitrogen and oxygen atoms in total. The van der Waals surface area contributed by atoms with Gasteiger partial charge in [0.25, 0.3) is 0 Å². The fraction of sp³-hybridized carbons (Fsp3) is 0.300. The van der Waals surface area contributed by atoms with E-state index >= 15 is 0 Å². The van der Waals surface area contributed by atoms with E-state index in [0.29, 0.717) is 24.6 Å². The van der Waals surface area contributed by atoms with Gasteiger partial charge in [-0.25, -0.2) is 0 Å². The Morgan fingerprint density at radius 3 is 2.48 bits per heavy atom. The van der Waals surface area contributed by atoms with Gasteiger partial charge in [0.15, 0.2) is 0 Å². The number of hydrogen-bond acceptors (Lipinski definition) is 3. The van der Waals surface area contributed by atoms with Gasteiger partial charge in [-0.3, -0.25) is 9.59 Å². The summed E-state index contributed by atoms with van der Waals surface area (Å²) in [6.07, 6.45) is 2.07. The standard InChI is InChI=1S/C20H24N2O3/c1-16(23)21-14-13-20(24)22-18-11-5-6-12-19(18)25-15-7-10-17-8-3-2-4-9-17/h2-6,8-9,11-12H,7,10,13-15H2,1H3,(H,21,23)(H,22,24). The van der Waals surface area contributed by atoms with Crippen molar-refractivity contribution >= 4 is 17.5 Å². The molecule has 25 heavy (non-hydrogen) atoms. The Kier molecular flexibility index (Phi) is 7.50. The molecule has 0 unspecified atom stereocenters. The molecular weight excluding hydrogens is 316 g/mol. The minimum atomic E-state index is -0.158. The summed E-state index contributed by atoms with van der Waals surface area (Å²) in [5.74, 6) is 0.354. The maximum Gasteiger partial charge on any atom is 0.226 e. The molecule has 0 saturated carbocycles. The van der Waals surface area contributed by atoms with E-state index in [-0.39, 0.29) is 18.2 Å². The summed E-state index contributed by atoms with van der Waals surface area (Å²) in [6, 6.07) is 17.6. The molecule has 0 spiro atoms. The van der Waals surface area contributed by atoms with Gasteiger partial charge in [0.2, 0.25) is 11.8 Å². The summed E-state index contributed by atoms with van der Waals surface area (Å²) >= 11 is 0. The SMILES string of the molecule is CC(=O)NCCC(=O)Nc1ccccc1OCCCc1ccccc1. The first-order valence-electron chi connectivity index (χ1n) is 8.45. The van der Waals surface area contributed by atoms with Crippen LogP contribution in [0.2, 0.25) is 0 Å². The van der Waals surface area contributed by atoms with E-state index in [2.05, 4.69) is 22.8 Å². The van der Waals surface area contributed by atoms with Crippen molar-refractivity contribution in [2.24, 2.45) is 0 Å². The van der Waals surface area contributed by atoms with Crippen LogP contribution in [-0.2, 0) is 16.0 Å². The van der Waals surface area contributed by atoms with E-state index in [1.54, 1.807) is 0 Å². The summed E-state index contributed by atoms with van der Waals surface area (Å²) in [4.78, 5) is 22.8. The highest BCUT2D eigenvalue weighted by Gasteiger charge is 2.07. The molecule has 2 N–H and O–H groups in total. The molecule has 0 fully saturated rings. The van der Waals surface area contributed by atoms with Crippen LogP contribution in [0.25, 0.3) is 0 Å². The number of ether oxygens (including phenoxy) is 1. The van der Waals surface area contributed by atoms with Crippen molar-refractivity contribution in [2.45, 2.75) is 26.2 Å². The number of nitrogens with one attached hydrogen (secondary N) is 2. The molecule has 0 aliphatic rings. The van der Waals surface area contributed by atoms with Crippen molar-refractivity contribution < 1.29 is 14.3 Å². The summed E-state index contributed by atoms with van der Waals surface area (Å²) in [6.45, 7) is 2.32. The molecule has 0 heterocycles. The van der Waals surface area contributed by atoms with Gasteiger partial charge in [0.1, 0.15) is 5.75 Å². The molecule has 0 aliphatic carbocycles. The van der Waals surface area contributed by atoms with E-state index in [9.17, 15) is 9.59 Å². The van der Waals surface area contributed by atoms with Gasteiger partial charge in [0.05, 0.1) is 12.3 Å². The maximum atomic E-state index is 11.9. The Morgan fingerprint density at radius 1 is 1.00 bits per heavy atom. The van der Waals surface area contributed by atoms with Gasteiger partial charge in [-0.2, -0.15) is 0 Å². The Labute approximate surface area is 148 Å². The van der Waals surface area contributed by atoms with Crippen molar-refractivity contribution in [2.75, 3.05) is 18.5 Å². The molecule has 0 atom stereocenters. The zero-order chi connectivity index (χ0) is 17.9. The molecule has 2 rings (SSSR count). The molecule has 0 aliphatic heterocycles. The fourth-order valence-corrected chi connectivity index (χ4v) is 2.36. The van der Waals surface area contributed by atoms with Crippen LogP contribution in [-0.4, -0.2) is 25.0 Å². The molecule has 0 bridgehead atoms. The highest BCUT2D eigenvalue weighted by molar-refractivity contribution is 5.92.